The molecule has 1 aromatic heterocycles. The molecule has 0 radical (unpaired) electrons. The monoisotopic (exact) mass is 376 g/mol. The first kappa shape index (κ1) is 19.5. The summed E-state index contributed by atoms with van der Waals surface area (Å²) in [4.78, 5) is 46.0. The minimum atomic E-state index is -0.301. The summed E-state index contributed by atoms with van der Waals surface area (Å²) in [6.45, 7) is 4.65. The van der Waals surface area contributed by atoms with E-state index in [1.165, 1.54) is 0 Å². The number of carbonyl (C=O) groups excluding carboxylic acids is 2. The van der Waals surface area contributed by atoms with E-state index in [-0.39, 0.29) is 42.3 Å². The van der Waals surface area contributed by atoms with Gasteiger partial charge in [0.05, 0.1) is 25.7 Å². The van der Waals surface area contributed by atoms with Gasteiger partial charge in [0.2, 0.25) is 11.8 Å². The highest BCUT2D eigenvalue weighted by atomic mass is 16.5. The van der Waals surface area contributed by atoms with E-state index >= 15 is 0 Å². The first-order chi connectivity index (χ1) is 12.9. The summed E-state index contributed by atoms with van der Waals surface area (Å²) < 4.78 is 5.49. The predicted molar refractivity (Wildman–Crippen MR) is 99.4 cm³/mol. The molecule has 1 saturated heterocycles. The number of ether oxygens (including phenoxy) is 1. The topological polar surface area (TPSA) is 104 Å². The molecule has 8 nitrogen and oxygen atoms in total. The molecule has 2 fully saturated rings. The van der Waals surface area contributed by atoms with Crippen LogP contribution in [0.2, 0.25) is 0 Å². The lowest BCUT2D eigenvalue weighted by Crippen LogP contribution is -2.51. The molecule has 27 heavy (non-hydrogen) atoms. The van der Waals surface area contributed by atoms with Crippen LogP contribution < -0.4 is 10.9 Å². The van der Waals surface area contributed by atoms with Crippen LogP contribution >= 0.6 is 0 Å². The fourth-order valence-electron chi connectivity index (χ4n) is 3.94. The second-order valence-electron chi connectivity index (χ2n) is 7.46. The maximum Gasteiger partial charge on any atom is 0.254 e. The summed E-state index contributed by atoms with van der Waals surface area (Å²) in [5.41, 5.74) is 0.664. The standard InChI is InChI=1S/C19H28N4O4/c1-12-16(19(26)21-13(2)20-12)10-18(25)23-7-8-27-11-15(23)9-17(24)22-14-5-3-4-6-14/h14-15H,3-11H2,1-2H3,(H,22,24)(H,20,21,26). The van der Waals surface area contributed by atoms with Crippen molar-refractivity contribution in [2.75, 3.05) is 19.8 Å². The third-order valence-corrected chi connectivity index (χ3v) is 5.36. The molecule has 3 rings (SSSR count). The average molecular weight is 376 g/mol. The third kappa shape index (κ3) is 4.94. The fraction of sp³-hybridized carbons (Fsp3) is 0.684. The molecule has 148 valence electrons. The van der Waals surface area contributed by atoms with Gasteiger partial charge in [-0.15, -0.1) is 0 Å². The smallest absolute Gasteiger partial charge is 0.254 e. The lowest BCUT2D eigenvalue weighted by molar-refractivity contribution is -0.141. The highest BCUT2D eigenvalue weighted by molar-refractivity contribution is 5.81. The number of aryl methyl sites for hydroxylation is 2. The number of hydrogen-bond donors (Lipinski definition) is 2. The Bertz CT molecular complexity index is 755. The number of nitrogens with zero attached hydrogens (tertiary/aromatic N) is 2. The van der Waals surface area contributed by atoms with Gasteiger partial charge in [0.25, 0.3) is 5.56 Å². The predicted octanol–water partition coefficient (Wildman–Crippen LogP) is 0.606. The molecule has 1 saturated carbocycles. The van der Waals surface area contributed by atoms with E-state index in [0.717, 1.165) is 25.7 Å². The van der Waals surface area contributed by atoms with Crippen LogP contribution in [0.1, 0.15) is 49.2 Å². The van der Waals surface area contributed by atoms with Crippen LogP contribution in [0.15, 0.2) is 4.79 Å². The van der Waals surface area contributed by atoms with E-state index in [1.807, 2.05) is 0 Å². The van der Waals surface area contributed by atoms with Crippen LogP contribution in [-0.2, 0) is 20.7 Å². The van der Waals surface area contributed by atoms with Gasteiger partial charge in [-0.05, 0) is 26.7 Å². The first-order valence-electron chi connectivity index (χ1n) is 9.67. The minimum Gasteiger partial charge on any atom is -0.377 e. The summed E-state index contributed by atoms with van der Waals surface area (Å²) in [7, 11) is 0. The molecule has 1 aliphatic carbocycles. The molecule has 8 heteroatoms. The number of aromatic amines is 1. The Balaban J connectivity index is 1.64. The molecular weight excluding hydrogens is 348 g/mol. The molecular formula is C19H28N4O4. The summed E-state index contributed by atoms with van der Waals surface area (Å²) in [5.74, 6) is 0.319. The maximum atomic E-state index is 12.9. The molecule has 0 bridgehead atoms. The van der Waals surface area contributed by atoms with Gasteiger partial charge in [-0.1, -0.05) is 12.8 Å². The molecule has 0 aromatic carbocycles. The van der Waals surface area contributed by atoms with Crippen molar-refractivity contribution < 1.29 is 14.3 Å². The molecule has 2 amide bonds. The highest BCUT2D eigenvalue weighted by Crippen LogP contribution is 2.19. The van der Waals surface area contributed by atoms with Crippen LogP contribution in [0.3, 0.4) is 0 Å². The van der Waals surface area contributed by atoms with Crippen LogP contribution in [0.5, 0.6) is 0 Å². The summed E-state index contributed by atoms with van der Waals surface area (Å²) in [6.07, 6.45) is 4.57. The second-order valence-corrected chi connectivity index (χ2v) is 7.46. The Morgan fingerprint density at radius 3 is 2.74 bits per heavy atom. The number of rotatable bonds is 5. The van der Waals surface area contributed by atoms with E-state index in [0.29, 0.717) is 36.8 Å². The van der Waals surface area contributed by atoms with Gasteiger partial charge in [-0.25, -0.2) is 4.98 Å². The zero-order valence-corrected chi connectivity index (χ0v) is 16.0. The van der Waals surface area contributed by atoms with Crippen molar-refractivity contribution in [3.63, 3.8) is 0 Å². The Kier molecular flexibility index (Phi) is 6.26. The lowest BCUT2D eigenvalue weighted by Gasteiger charge is -2.35. The van der Waals surface area contributed by atoms with Crippen molar-refractivity contribution in [1.29, 1.82) is 0 Å². The summed E-state index contributed by atoms with van der Waals surface area (Å²) in [5, 5.41) is 3.06. The van der Waals surface area contributed by atoms with Gasteiger partial charge in [0.1, 0.15) is 5.82 Å². The number of nitrogens with one attached hydrogen (secondary N) is 2. The molecule has 2 aliphatic rings. The molecule has 1 unspecified atom stereocenters. The Morgan fingerprint density at radius 2 is 2.04 bits per heavy atom. The van der Waals surface area contributed by atoms with Crippen molar-refractivity contribution in [1.82, 2.24) is 20.2 Å². The van der Waals surface area contributed by atoms with Crippen molar-refractivity contribution in [2.45, 2.75) is 64.5 Å². The average Bonchev–Trinajstić information content (AvgIpc) is 3.11. The largest absolute Gasteiger partial charge is 0.377 e. The summed E-state index contributed by atoms with van der Waals surface area (Å²) >= 11 is 0. The van der Waals surface area contributed by atoms with Gasteiger partial charge in [0.15, 0.2) is 0 Å². The SMILES string of the molecule is Cc1nc(C)c(CC(=O)N2CCOCC2CC(=O)NC2CCCC2)c(=O)[nH]1. The number of hydrogen-bond acceptors (Lipinski definition) is 5. The zero-order chi connectivity index (χ0) is 19.4. The van der Waals surface area contributed by atoms with Crippen molar-refractivity contribution in [3.8, 4) is 0 Å². The quantitative estimate of drug-likeness (QED) is 0.783. The van der Waals surface area contributed by atoms with Crippen LogP contribution in [0, 0.1) is 13.8 Å². The maximum absolute atomic E-state index is 12.9. The van der Waals surface area contributed by atoms with Crippen LogP contribution in [-0.4, -0.2) is 58.5 Å². The van der Waals surface area contributed by atoms with Gasteiger partial charge >= 0.3 is 0 Å². The van der Waals surface area contributed by atoms with E-state index in [9.17, 15) is 14.4 Å². The van der Waals surface area contributed by atoms with E-state index < -0.39 is 0 Å². The van der Waals surface area contributed by atoms with Crippen molar-refractivity contribution in [3.05, 3.63) is 27.4 Å². The number of aromatic nitrogens is 2. The zero-order valence-electron chi connectivity index (χ0n) is 16.0. The van der Waals surface area contributed by atoms with E-state index in [2.05, 4.69) is 15.3 Å². The first-order valence-corrected chi connectivity index (χ1v) is 9.67. The third-order valence-electron chi connectivity index (χ3n) is 5.36. The highest BCUT2D eigenvalue weighted by Gasteiger charge is 2.30. The normalized spacial score (nSPS) is 20.7. The van der Waals surface area contributed by atoms with E-state index in [1.54, 1.807) is 18.7 Å². The molecule has 1 aliphatic heterocycles. The van der Waals surface area contributed by atoms with Gasteiger partial charge in [-0.3, -0.25) is 14.4 Å². The van der Waals surface area contributed by atoms with Crippen LogP contribution in [0.25, 0.3) is 0 Å². The minimum absolute atomic E-state index is 0.0187. The van der Waals surface area contributed by atoms with Crippen molar-refractivity contribution in [2.24, 2.45) is 0 Å². The number of H-pyrrole nitrogens is 1. The molecule has 1 atom stereocenters. The fourth-order valence-corrected chi connectivity index (χ4v) is 3.94. The summed E-state index contributed by atoms with van der Waals surface area (Å²) in [6, 6.07) is -0.0450. The Hall–Kier alpha value is -2.22. The lowest BCUT2D eigenvalue weighted by atomic mass is 10.1. The van der Waals surface area contributed by atoms with Gasteiger partial charge in [0, 0.05) is 30.3 Å². The van der Waals surface area contributed by atoms with Crippen LogP contribution in [0.4, 0.5) is 0 Å². The number of amides is 2. The van der Waals surface area contributed by atoms with E-state index in [4.69, 9.17) is 4.74 Å². The second kappa shape index (κ2) is 8.65. The number of morpholine rings is 1. The molecule has 1 aromatic rings. The Labute approximate surface area is 158 Å². The molecule has 0 spiro atoms. The molecule has 2 heterocycles. The number of carbonyl (C=O) groups is 2. The van der Waals surface area contributed by atoms with Gasteiger partial charge < -0.3 is 19.9 Å². The van der Waals surface area contributed by atoms with Gasteiger partial charge in [-0.2, -0.15) is 0 Å². The Morgan fingerprint density at radius 1 is 1.30 bits per heavy atom. The molecule has 2 N–H and O–H groups in total. The van der Waals surface area contributed by atoms with Crippen molar-refractivity contribution >= 4 is 11.8 Å².